The molecule has 13 heavy (non-hydrogen) atoms. The molecule has 74 valence electrons. The van der Waals surface area contributed by atoms with Crippen molar-refractivity contribution in [2.75, 3.05) is 5.75 Å². The number of hydrogen-bond donors (Lipinski definition) is 2. The van der Waals surface area contributed by atoms with Crippen molar-refractivity contribution in [2.24, 2.45) is 0 Å². The maximum absolute atomic E-state index is 11.1. The summed E-state index contributed by atoms with van der Waals surface area (Å²) in [6, 6.07) is 0.803. The van der Waals surface area contributed by atoms with Crippen LogP contribution in [0.1, 0.15) is 0 Å². The molecule has 2 aliphatic heterocycles. The van der Waals surface area contributed by atoms with E-state index in [2.05, 4.69) is 30.3 Å². The van der Waals surface area contributed by atoms with Crippen molar-refractivity contribution in [3.63, 3.8) is 0 Å². The van der Waals surface area contributed by atoms with Crippen molar-refractivity contribution in [3.8, 4) is 0 Å². The minimum Gasteiger partial charge on any atom is -0.333 e. The van der Waals surface area contributed by atoms with Crippen LogP contribution in [0.15, 0.2) is 0 Å². The van der Waals surface area contributed by atoms with Gasteiger partial charge in [-0.2, -0.15) is 11.8 Å². The summed E-state index contributed by atoms with van der Waals surface area (Å²) in [5.74, 6) is 1.08. The van der Waals surface area contributed by atoms with Crippen molar-refractivity contribution in [2.45, 2.75) is 36.6 Å². The van der Waals surface area contributed by atoms with Gasteiger partial charge in [-0.25, -0.2) is 4.79 Å². The lowest BCUT2D eigenvalue weighted by Crippen LogP contribution is -2.49. The Hall–Kier alpha value is -0.163. The third kappa shape index (κ3) is 1.59. The Balaban J connectivity index is 2.13. The van der Waals surface area contributed by atoms with E-state index in [0.29, 0.717) is 17.0 Å². The van der Waals surface area contributed by atoms with Gasteiger partial charge in [-0.3, -0.25) is 0 Å². The van der Waals surface area contributed by atoms with Crippen molar-refractivity contribution < 1.29 is 4.79 Å². The average Bonchev–Trinajstić information content (AvgIpc) is 2.41. The van der Waals surface area contributed by atoms with Crippen molar-refractivity contribution in [1.29, 1.82) is 0 Å². The third-order valence-electron chi connectivity index (χ3n) is 2.68. The molecule has 0 spiro atoms. The Bertz CT molecular complexity index is 241. The molecule has 2 N–H and O–H groups in total. The summed E-state index contributed by atoms with van der Waals surface area (Å²) < 4.78 is 0. The Morgan fingerprint density at radius 3 is 2.69 bits per heavy atom. The lowest BCUT2D eigenvalue weighted by molar-refractivity contribution is 0.247. The SMILES string of the molecule is C[Si](C)(C)[C@@H]1SC[C@@H]2NC(=O)N[C@@H]21. The van der Waals surface area contributed by atoms with Gasteiger partial charge < -0.3 is 10.6 Å². The molecule has 0 unspecified atom stereocenters. The number of nitrogens with one attached hydrogen (secondary N) is 2. The maximum Gasteiger partial charge on any atom is 0.315 e. The first-order valence-corrected chi connectivity index (χ1v) is 9.30. The maximum atomic E-state index is 11.1. The summed E-state index contributed by atoms with van der Waals surface area (Å²) in [6.07, 6.45) is 0. The van der Waals surface area contributed by atoms with Gasteiger partial charge in [0.1, 0.15) is 0 Å². The van der Waals surface area contributed by atoms with E-state index in [0.717, 1.165) is 5.75 Å². The van der Waals surface area contributed by atoms with Gasteiger partial charge in [-0.15, -0.1) is 0 Å². The van der Waals surface area contributed by atoms with E-state index in [-0.39, 0.29) is 6.03 Å². The van der Waals surface area contributed by atoms with E-state index in [1.54, 1.807) is 0 Å². The number of thioether (sulfide) groups is 1. The van der Waals surface area contributed by atoms with Crippen LogP contribution in [-0.2, 0) is 0 Å². The molecule has 0 aromatic carbocycles. The second-order valence-corrected chi connectivity index (χ2v) is 11.8. The minimum atomic E-state index is -1.13. The average molecular weight is 216 g/mol. The van der Waals surface area contributed by atoms with Crippen LogP contribution in [-0.4, -0.2) is 36.8 Å². The molecule has 0 aliphatic carbocycles. The number of hydrogen-bond acceptors (Lipinski definition) is 2. The van der Waals surface area contributed by atoms with Crippen LogP contribution in [0, 0.1) is 0 Å². The Kier molecular flexibility index (Phi) is 2.11. The van der Waals surface area contributed by atoms with Gasteiger partial charge in [-0.1, -0.05) is 19.6 Å². The standard InChI is InChI=1S/C8H16N2OSSi/c1-13(2,3)7-6-5(4-12-7)9-8(11)10-6/h5-7H,4H2,1-3H3,(H2,9,10,11)/t5-,6-,7-/m0/s1. The van der Waals surface area contributed by atoms with E-state index in [4.69, 9.17) is 0 Å². The van der Waals surface area contributed by atoms with Crippen LogP contribution in [0.5, 0.6) is 0 Å². The zero-order valence-corrected chi connectivity index (χ0v) is 10.1. The van der Waals surface area contributed by atoms with Gasteiger partial charge in [0, 0.05) is 10.6 Å². The molecule has 2 amide bonds. The number of carbonyl (C=O) groups excluding carboxylic acids is 1. The zero-order valence-electron chi connectivity index (χ0n) is 8.26. The summed E-state index contributed by atoms with van der Waals surface area (Å²) in [6.45, 7) is 7.12. The molecule has 0 saturated carbocycles. The molecule has 0 bridgehead atoms. The number of amides is 2. The number of carbonyl (C=O) groups is 1. The quantitative estimate of drug-likeness (QED) is 0.508. The van der Waals surface area contributed by atoms with Gasteiger partial charge in [0.05, 0.1) is 20.2 Å². The van der Waals surface area contributed by atoms with Gasteiger partial charge in [0.15, 0.2) is 0 Å². The molecule has 5 heteroatoms. The van der Waals surface area contributed by atoms with E-state index in [1.807, 2.05) is 11.8 Å². The highest BCUT2D eigenvalue weighted by Crippen LogP contribution is 2.35. The first-order valence-electron chi connectivity index (χ1n) is 4.67. The van der Waals surface area contributed by atoms with Crippen molar-refractivity contribution in [1.82, 2.24) is 10.6 Å². The Labute approximate surface area is 84.0 Å². The van der Waals surface area contributed by atoms with E-state index < -0.39 is 8.07 Å². The first-order chi connectivity index (χ1) is 5.98. The number of urea groups is 1. The highest BCUT2D eigenvalue weighted by molar-refractivity contribution is 8.02. The molecule has 3 atom stereocenters. The Morgan fingerprint density at radius 2 is 2.08 bits per heavy atom. The smallest absolute Gasteiger partial charge is 0.315 e. The number of fused-ring (bicyclic) bond motifs is 1. The normalized spacial score (nSPS) is 38.4. The van der Waals surface area contributed by atoms with Gasteiger partial charge >= 0.3 is 6.03 Å². The summed E-state index contributed by atoms with van der Waals surface area (Å²) in [5, 5.41) is 6.01. The molecule has 2 heterocycles. The monoisotopic (exact) mass is 216 g/mol. The fourth-order valence-corrected chi connectivity index (χ4v) is 6.94. The minimum absolute atomic E-state index is 0.0264. The largest absolute Gasteiger partial charge is 0.333 e. The lowest BCUT2D eigenvalue weighted by atomic mass is 10.2. The summed E-state index contributed by atoms with van der Waals surface area (Å²) in [7, 11) is -1.13. The molecule has 0 aromatic heterocycles. The van der Waals surface area contributed by atoms with Crippen LogP contribution in [0.2, 0.25) is 19.6 Å². The fraction of sp³-hybridized carbons (Fsp3) is 0.875. The molecular formula is C8H16N2OSSi. The van der Waals surface area contributed by atoms with Gasteiger partial charge in [-0.05, 0) is 0 Å². The molecule has 3 nitrogen and oxygen atoms in total. The van der Waals surface area contributed by atoms with Gasteiger partial charge in [0.25, 0.3) is 0 Å². The molecular weight excluding hydrogens is 200 g/mol. The first kappa shape index (κ1) is 9.39. The fourth-order valence-electron chi connectivity index (χ4n) is 2.08. The highest BCUT2D eigenvalue weighted by Gasteiger charge is 2.48. The van der Waals surface area contributed by atoms with Crippen molar-refractivity contribution >= 4 is 25.9 Å². The van der Waals surface area contributed by atoms with Crippen LogP contribution in [0.25, 0.3) is 0 Å². The third-order valence-corrected chi connectivity index (χ3v) is 8.57. The number of rotatable bonds is 1. The van der Waals surface area contributed by atoms with Gasteiger partial charge in [0.2, 0.25) is 0 Å². The summed E-state index contributed by atoms with van der Waals surface area (Å²) in [5.41, 5.74) is 0. The van der Waals surface area contributed by atoms with E-state index in [9.17, 15) is 4.79 Å². The van der Waals surface area contributed by atoms with Crippen LogP contribution in [0.3, 0.4) is 0 Å². The topological polar surface area (TPSA) is 41.1 Å². The molecule has 2 saturated heterocycles. The van der Waals surface area contributed by atoms with Crippen LogP contribution >= 0.6 is 11.8 Å². The van der Waals surface area contributed by atoms with Crippen molar-refractivity contribution in [3.05, 3.63) is 0 Å². The predicted molar refractivity (Wildman–Crippen MR) is 58.8 cm³/mol. The highest BCUT2D eigenvalue weighted by atomic mass is 32.2. The summed E-state index contributed by atoms with van der Waals surface area (Å²) in [4.78, 5) is 11.8. The molecule has 0 radical (unpaired) electrons. The second-order valence-electron chi connectivity index (χ2n) is 4.87. The molecule has 2 aliphatic rings. The second kappa shape index (κ2) is 2.92. The van der Waals surface area contributed by atoms with E-state index >= 15 is 0 Å². The predicted octanol–water partition coefficient (Wildman–Crippen LogP) is 1.03. The van der Waals surface area contributed by atoms with E-state index in [1.165, 1.54) is 0 Å². The molecule has 0 aromatic rings. The van der Waals surface area contributed by atoms with Crippen LogP contribution < -0.4 is 10.6 Å². The summed E-state index contributed by atoms with van der Waals surface area (Å²) >= 11 is 2.03. The molecule has 2 fully saturated rings. The molecule has 2 rings (SSSR count). The lowest BCUT2D eigenvalue weighted by Gasteiger charge is -2.28. The zero-order chi connectivity index (χ0) is 9.64. The van der Waals surface area contributed by atoms with Crippen LogP contribution in [0.4, 0.5) is 4.79 Å². The Morgan fingerprint density at radius 1 is 1.38 bits per heavy atom.